The van der Waals surface area contributed by atoms with Crippen molar-refractivity contribution < 1.29 is 43.6 Å². The summed E-state index contributed by atoms with van der Waals surface area (Å²) in [4.78, 5) is 30.1. The van der Waals surface area contributed by atoms with Crippen LogP contribution in [0, 0.1) is 21.3 Å². The quantitative estimate of drug-likeness (QED) is 0.112. The van der Waals surface area contributed by atoms with E-state index in [2.05, 4.69) is 45.0 Å². The molecule has 0 aromatic heterocycles. The van der Waals surface area contributed by atoms with Crippen LogP contribution < -0.4 is 25.5 Å². The summed E-state index contributed by atoms with van der Waals surface area (Å²) in [5.74, 6) is -2.74. The number of aromatic hydroxyl groups is 1. The first kappa shape index (κ1) is 38.5. The molecule has 3 aliphatic rings. The van der Waals surface area contributed by atoms with E-state index in [0.29, 0.717) is 14.6 Å². The summed E-state index contributed by atoms with van der Waals surface area (Å²) < 4.78 is 19.6. The number of phenolic OH excluding ortho intramolecular Hbond substituents is 1. The van der Waals surface area contributed by atoms with Crippen molar-refractivity contribution in [2.45, 2.75) is 44.8 Å². The maximum atomic E-state index is 14.5. The Balaban J connectivity index is 1.34. The molecule has 0 unspecified atom stereocenters. The second kappa shape index (κ2) is 15.1. The highest BCUT2D eigenvalue weighted by Crippen LogP contribution is 2.53. The number of ether oxygens (including phenoxy) is 1. The van der Waals surface area contributed by atoms with Crippen LogP contribution in [0.4, 0.5) is 5.69 Å². The molecule has 14 heteroatoms. The van der Waals surface area contributed by atoms with Crippen molar-refractivity contribution >= 4 is 78.5 Å². The number of hydrogen-bond acceptors (Lipinski definition) is 9. The predicted octanol–water partition coefficient (Wildman–Crippen LogP) is 3.87. The Bertz CT molecular complexity index is 2060. The highest BCUT2D eigenvalue weighted by atomic mass is 127. The average molecular weight is 857 g/mol. The van der Waals surface area contributed by atoms with Gasteiger partial charge in [0.1, 0.15) is 0 Å². The standard InChI is InChI=1S/C40H42B2INO9Si/c1-40(2,3)54(28-14-7-5-8-15-28,29-16-9-6-10-17-29)52-23-25-18-31-35(39(47)44(38(31)46)27-13-11-12-26(21-27)41(48)49)30-22-33(53-42(50)36(25)30)24-19-32(43)37(45)34(20-24)51-4/h5-17,19-21,30-31,33,35,45,48-50H,18,22-23H2,1-4H3/t30-,31-,33-,35+/m0/s1. The minimum atomic E-state index is -3.05. The van der Waals surface area contributed by atoms with Crippen molar-refractivity contribution in [2.24, 2.45) is 17.8 Å². The van der Waals surface area contributed by atoms with Gasteiger partial charge < -0.3 is 34.0 Å². The van der Waals surface area contributed by atoms with E-state index >= 15 is 0 Å². The Labute approximate surface area is 330 Å². The Morgan fingerprint density at radius 3 is 2.17 bits per heavy atom. The number of imide groups is 1. The Morgan fingerprint density at radius 1 is 0.926 bits per heavy atom. The number of methoxy groups -OCH3 is 1. The largest absolute Gasteiger partial charge is 0.504 e. The van der Waals surface area contributed by atoms with Crippen LogP contribution in [-0.2, 0) is 18.7 Å². The number of phenols is 1. The fraction of sp³-hybridized carbons (Fsp3) is 0.300. The zero-order valence-electron chi connectivity index (χ0n) is 30.5. The molecular formula is C40H42B2INO9Si. The van der Waals surface area contributed by atoms with Crippen LogP contribution in [0.2, 0.25) is 5.04 Å². The molecule has 0 bridgehead atoms. The highest BCUT2D eigenvalue weighted by molar-refractivity contribution is 14.1. The second-order valence-corrected chi connectivity index (χ2v) is 20.7. The van der Waals surface area contributed by atoms with Gasteiger partial charge in [0.2, 0.25) is 11.8 Å². The predicted molar refractivity (Wildman–Crippen MR) is 218 cm³/mol. The van der Waals surface area contributed by atoms with Gasteiger partial charge in [0.05, 0.1) is 40.9 Å². The lowest BCUT2D eigenvalue weighted by Crippen LogP contribution is -2.66. The molecule has 2 saturated heterocycles. The summed E-state index contributed by atoms with van der Waals surface area (Å²) in [5.41, 5.74) is 2.32. The first-order valence-corrected chi connectivity index (χ1v) is 21.0. The SMILES string of the molecule is COc1cc([C@@H]2C[C@@H]3C(=C(CO[Si](c4ccccc4)(c4ccccc4)C(C)(C)C)C[C@@H]4C(=O)N(c5cccc(B(O)O)c5)C(=O)[C@@H]43)B(O)O2)cc(I)c1O. The molecule has 4 N–H and O–H groups in total. The number of anilines is 1. The van der Waals surface area contributed by atoms with Crippen molar-refractivity contribution in [1.82, 2.24) is 0 Å². The molecule has 0 radical (unpaired) electrons. The molecule has 0 spiro atoms. The maximum Gasteiger partial charge on any atom is 0.488 e. The zero-order valence-corrected chi connectivity index (χ0v) is 33.6. The molecular weight excluding hydrogens is 815 g/mol. The Morgan fingerprint density at radius 2 is 1.57 bits per heavy atom. The van der Waals surface area contributed by atoms with Crippen LogP contribution in [0.3, 0.4) is 0 Å². The summed E-state index contributed by atoms with van der Waals surface area (Å²) >= 11 is 2.01. The summed E-state index contributed by atoms with van der Waals surface area (Å²) in [6.45, 7) is 6.65. The summed E-state index contributed by atoms with van der Waals surface area (Å²) in [5, 5.41) is 44.1. The number of amides is 2. The normalized spacial score (nSPS) is 21.6. The van der Waals surface area contributed by atoms with Crippen LogP contribution in [-0.4, -0.2) is 68.3 Å². The Kier molecular flexibility index (Phi) is 10.7. The van der Waals surface area contributed by atoms with Gasteiger partial charge in [-0.3, -0.25) is 14.5 Å². The molecule has 2 aliphatic heterocycles. The molecule has 10 nitrogen and oxygen atoms in total. The summed E-state index contributed by atoms with van der Waals surface area (Å²) in [7, 11) is -4.79. The van der Waals surface area contributed by atoms with Gasteiger partial charge >= 0.3 is 14.2 Å². The lowest BCUT2D eigenvalue weighted by Gasteiger charge is -2.45. The van der Waals surface area contributed by atoms with Crippen LogP contribution >= 0.6 is 22.6 Å². The minimum absolute atomic E-state index is 0.0123. The lowest BCUT2D eigenvalue weighted by atomic mass is 9.55. The van der Waals surface area contributed by atoms with Crippen LogP contribution in [0.1, 0.15) is 45.3 Å². The summed E-state index contributed by atoms with van der Waals surface area (Å²) in [6, 6.07) is 30.0. The van der Waals surface area contributed by atoms with E-state index in [9.17, 15) is 29.8 Å². The lowest BCUT2D eigenvalue weighted by molar-refractivity contribution is -0.123. The first-order valence-electron chi connectivity index (χ1n) is 18.0. The average Bonchev–Trinajstić information content (AvgIpc) is 3.41. The third kappa shape index (κ3) is 6.65. The van der Waals surface area contributed by atoms with Crippen molar-refractivity contribution in [3.05, 3.63) is 117 Å². The second-order valence-electron chi connectivity index (χ2n) is 15.2. The molecule has 2 amide bonds. The molecule has 278 valence electrons. The van der Waals surface area contributed by atoms with Gasteiger partial charge in [-0.25, -0.2) is 0 Å². The van der Waals surface area contributed by atoms with E-state index in [4.69, 9.17) is 13.8 Å². The molecule has 4 aromatic rings. The smallest absolute Gasteiger partial charge is 0.488 e. The molecule has 4 atom stereocenters. The molecule has 2 heterocycles. The van der Waals surface area contributed by atoms with E-state index < -0.39 is 58.2 Å². The zero-order chi connectivity index (χ0) is 38.5. The van der Waals surface area contributed by atoms with Crippen molar-refractivity contribution in [2.75, 3.05) is 18.6 Å². The van der Waals surface area contributed by atoms with Crippen molar-refractivity contribution in [3.63, 3.8) is 0 Å². The number of hydrogen-bond donors (Lipinski definition) is 4. The van der Waals surface area contributed by atoms with E-state index in [1.807, 2.05) is 59.0 Å². The number of halogens is 1. The number of fused-ring (bicyclic) bond motifs is 3. The molecule has 4 aromatic carbocycles. The van der Waals surface area contributed by atoms with Gasteiger partial charge in [-0.2, -0.15) is 0 Å². The fourth-order valence-electron chi connectivity index (χ4n) is 8.73. The van der Waals surface area contributed by atoms with Crippen LogP contribution in [0.25, 0.3) is 0 Å². The van der Waals surface area contributed by atoms with Crippen molar-refractivity contribution in [3.8, 4) is 11.5 Å². The number of benzene rings is 4. The molecule has 54 heavy (non-hydrogen) atoms. The first-order chi connectivity index (χ1) is 25.8. The topological polar surface area (TPSA) is 146 Å². The van der Waals surface area contributed by atoms with Gasteiger partial charge in [-0.15, -0.1) is 0 Å². The molecule has 7 rings (SSSR count). The molecule has 2 fully saturated rings. The van der Waals surface area contributed by atoms with Crippen molar-refractivity contribution in [1.29, 1.82) is 0 Å². The Hall–Kier alpha value is -3.76. The molecule has 1 aliphatic carbocycles. The number of rotatable bonds is 9. The summed E-state index contributed by atoms with van der Waals surface area (Å²) in [6.07, 6.45) is -0.254. The number of carbonyl (C=O) groups excluding carboxylic acids is 2. The fourth-order valence-corrected chi connectivity index (χ4v) is 13.9. The van der Waals surface area contributed by atoms with E-state index in [1.165, 1.54) is 19.2 Å². The van der Waals surface area contributed by atoms with E-state index in [-0.39, 0.29) is 47.1 Å². The van der Waals surface area contributed by atoms with Gasteiger partial charge in [0.25, 0.3) is 8.32 Å². The monoisotopic (exact) mass is 857 g/mol. The van der Waals surface area contributed by atoms with Gasteiger partial charge in [0, 0.05) is 0 Å². The van der Waals surface area contributed by atoms with Gasteiger partial charge in [-0.1, -0.05) is 93.6 Å². The third-order valence-electron chi connectivity index (χ3n) is 11.2. The van der Waals surface area contributed by atoms with E-state index in [1.54, 1.807) is 24.3 Å². The minimum Gasteiger partial charge on any atom is -0.504 e. The number of carbonyl (C=O) groups is 2. The number of allylic oxidation sites excluding steroid dienone is 1. The maximum absolute atomic E-state index is 14.5. The van der Waals surface area contributed by atoms with Gasteiger partial charge in [0.15, 0.2) is 11.5 Å². The van der Waals surface area contributed by atoms with Crippen LogP contribution in [0.15, 0.2) is 108 Å². The van der Waals surface area contributed by atoms with E-state index in [0.717, 1.165) is 20.8 Å². The molecule has 0 saturated carbocycles. The third-order valence-corrected chi connectivity index (χ3v) is 17.0. The van der Waals surface area contributed by atoms with Gasteiger partial charge in [-0.05, 0) is 103 Å². The highest BCUT2D eigenvalue weighted by Gasteiger charge is 2.59. The van der Waals surface area contributed by atoms with Crippen LogP contribution in [0.5, 0.6) is 11.5 Å². The number of nitrogens with zero attached hydrogens (tertiary/aromatic N) is 1.